The van der Waals surface area contributed by atoms with E-state index in [-0.39, 0.29) is 5.91 Å². The highest BCUT2D eigenvalue weighted by molar-refractivity contribution is 5.95. The van der Waals surface area contributed by atoms with E-state index < -0.39 is 6.04 Å². The van der Waals surface area contributed by atoms with E-state index in [1.807, 2.05) is 66.9 Å². The fourth-order valence-corrected chi connectivity index (χ4v) is 3.64. The maximum absolute atomic E-state index is 13.1. The number of methoxy groups -OCH3 is 1. The van der Waals surface area contributed by atoms with E-state index in [4.69, 9.17) is 9.47 Å². The van der Waals surface area contributed by atoms with Crippen LogP contribution >= 0.6 is 0 Å². The second-order valence-corrected chi connectivity index (χ2v) is 7.57. The molecule has 0 bridgehead atoms. The summed E-state index contributed by atoms with van der Waals surface area (Å²) in [4.78, 5) is 20.0. The van der Waals surface area contributed by atoms with Crippen LogP contribution in [0.25, 0.3) is 0 Å². The van der Waals surface area contributed by atoms with Crippen LogP contribution in [0, 0.1) is 0 Å². The van der Waals surface area contributed by atoms with E-state index in [9.17, 15) is 4.79 Å². The summed E-state index contributed by atoms with van der Waals surface area (Å²) in [5.74, 6) is 1.51. The zero-order chi connectivity index (χ0) is 22.2. The molecule has 7 nitrogen and oxygen atoms in total. The first kappa shape index (κ1) is 21.8. The number of hydrogen-bond donors (Lipinski definition) is 2. The lowest BCUT2D eigenvalue weighted by atomic mass is 10.1. The second kappa shape index (κ2) is 10.7. The maximum atomic E-state index is 13.1. The van der Waals surface area contributed by atoms with Crippen molar-refractivity contribution in [1.82, 2.24) is 10.3 Å². The summed E-state index contributed by atoms with van der Waals surface area (Å²) in [7, 11) is 1.60. The van der Waals surface area contributed by atoms with Gasteiger partial charge in [-0.3, -0.25) is 10.1 Å². The molecule has 1 amide bonds. The van der Waals surface area contributed by atoms with Crippen LogP contribution in [0.2, 0.25) is 0 Å². The summed E-state index contributed by atoms with van der Waals surface area (Å²) < 4.78 is 10.7. The molecule has 0 saturated carbocycles. The molecule has 1 atom stereocenters. The zero-order valence-corrected chi connectivity index (χ0v) is 18.2. The molecule has 32 heavy (non-hydrogen) atoms. The molecule has 3 aromatic rings. The van der Waals surface area contributed by atoms with Crippen LogP contribution < -0.4 is 20.3 Å². The molecule has 0 unspecified atom stereocenters. The third-order valence-corrected chi connectivity index (χ3v) is 5.39. The molecule has 0 radical (unpaired) electrons. The summed E-state index contributed by atoms with van der Waals surface area (Å²) >= 11 is 0. The average Bonchev–Trinajstić information content (AvgIpc) is 2.86. The minimum Gasteiger partial charge on any atom is -0.497 e. The van der Waals surface area contributed by atoms with Crippen molar-refractivity contribution in [2.75, 3.05) is 43.6 Å². The minimum atomic E-state index is -0.513. The third-order valence-electron chi connectivity index (χ3n) is 5.39. The molecule has 7 heteroatoms. The molecule has 4 rings (SSSR count). The van der Waals surface area contributed by atoms with Crippen molar-refractivity contribution in [3.8, 4) is 5.75 Å². The van der Waals surface area contributed by atoms with Crippen molar-refractivity contribution in [3.63, 3.8) is 0 Å². The molecule has 2 aromatic carbocycles. The molecule has 0 aliphatic carbocycles. The number of hydrogen-bond acceptors (Lipinski definition) is 6. The summed E-state index contributed by atoms with van der Waals surface area (Å²) in [5, 5.41) is 6.37. The number of benzene rings is 2. The SMILES string of the molecule is COc1cccc(NC(=O)[C@@H](NCc2ccc(N3CCOCC3)nc2)c2ccccc2)c1. The third kappa shape index (κ3) is 5.63. The van der Waals surface area contributed by atoms with E-state index in [2.05, 4.69) is 20.5 Å². The van der Waals surface area contributed by atoms with Gasteiger partial charge >= 0.3 is 0 Å². The Bertz CT molecular complexity index is 1010. The van der Waals surface area contributed by atoms with Crippen LogP contribution in [0.3, 0.4) is 0 Å². The molecule has 0 spiro atoms. The van der Waals surface area contributed by atoms with Gasteiger partial charge in [-0.2, -0.15) is 0 Å². The molecule has 2 heterocycles. The molecule has 1 saturated heterocycles. The number of rotatable bonds is 8. The van der Waals surface area contributed by atoms with E-state index in [1.54, 1.807) is 13.2 Å². The molecule has 1 aliphatic heterocycles. The Morgan fingerprint density at radius 3 is 2.62 bits per heavy atom. The van der Waals surface area contributed by atoms with Crippen molar-refractivity contribution in [2.45, 2.75) is 12.6 Å². The lowest BCUT2D eigenvalue weighted by Gasteiger charge is -2.27. The van der Waals surface area contributed by atoms with Gasteiger partial charge in [-0.15, -0.1) is 0 Å². The Morgan fingerprint density at radius 2 is 1.91 bits per heavy atom. The topological polar surface area (TPSA) is 75.7 Å². The van der Waals surface area contributed by atoms with Crippen molar-refractivity contribution in [2.24, 2.45) is 0 Å². The van der Waals surface area contributed by atoms with Crippen LogP contribution in [0.1, 0.15) is 17.2 Å². The summed E-state index contributed by atoms with van der Waals surface area (Å²) in [6.45, 7) is 3.68. The second-order valence-electron chi connectivity index (χ2n) is 7.57. The molecule has 1 aliphatic rings. The Labute approximate surface area is 188 Å². The highest BCUT2D eigenvalue weighted by atomic mass is 16.5. The quantitative estimate of drug-likeness (QED) is 0.568. The highest BCUT2D eigenvalue weighted by Gasteiger charge is 2.20. The molecule has 1 aromatic heterocycles. The van der Waals surface area contributed by atoms with Gasteiger partial charge in [0.25, 0.3) is 0 Å². The van der Waals surface area contributed by atoms with Gasteiger partial charge in [0.2, 0.25) is 5.91 Å². The van der Waals surface area contributed by atoms with E-state index in [0.29, 0.717) is 18.0 Å². The van der Waals surface area contributed by atoms with Crippen molar-refractivity contribution in [1.29, 1.82) is 0 Å². The number of morpholine rings is 1. The number of nitrogens with zero attached hydrogens (tertiary/aromatic N) is 2. The summed E-state index contributed by atoms with van der Waals surface area (Å²) in [5.41, 5.74) is 2.59. The normalized spacial score (nSPS) is 14.6. The van der Waals surface area contributed by atoms with Crippen LogP contribution in [-0.4, -0.2) is 44.3 Å². The van der Waals surface area contributed by atoms with Crippen LogP contribution in [0.4, 0.5) is 11.5 Å². The maximum Gasteiger partial charge on any atom is 0.246 e. The Kier molecular flexibility index (Phi) is 7.32. The molecule has 166 valence electrons. The predicted octanol–water partition coefficient (Wildman–Crippen LogP) is 3.40. The van der Waals surface area contributed by atoms with Gasteiger partial charge in [-0.05, 0) is 29.3 Å². The lowest BCUT2D eigenvalue weighted by molar-refractivity contribution is -0.118. The number of carbonyl (C=O) groups excluding carboxylic acids is 1. The number of carbonyl (C=O) groups is 1. The number of nitrogens with one attached hydrogen (secondary N) is 2. The molecule has 1 fully saturated rings. The van der Waals surface area contributed by atoms with Gasteiger partial charge in [-0.25, -0.2) is 4.98 Å². The molecular formula is C25H28N4O3. The van der Waals surface area contributed by atoms with Crippen LogP contribution in [0.15, 0.2) is 72.9 Å². The number of anilines is 2. The van der Waals surface area contributed by atoms with Gasteiger partial charge in [0, 0.05) is 37.6 Å². The largest absolute Gasteiger partial charge is 0.497 e. The number of ether oxygens (including phenoxy) is 2. The first-order valence-electron chi connectivity index (χ1n) is 10.7. The Balaban J connectivity index is 1.44. The summed E-state index contributed by atoms with van der Waals surface area (Å²) in [6.07, 6.45) is 1.86. The van der Waals surface area contributed by atoms with Gasteiger partial charge in [0.15, 0.2) is 0 Å². The first-order chi connectivity index (χ1) is 15.7. The van der Waals surface area contributed by atoms with Crippen LogP contribution in [0.5, 0.6) is 5.75 Å². The standard InChI is InChI=1S/C25H28N4O3/c1-31-22-9-5-8-21(16-22)28-25(30)24(20-6-3-2-4-7-20)27-18-19-10-11-23(26-17-19)29-12-14-32-15-13-29/h2-11,16-17,24,27H,12-15,18H2,1H3,(H,28,30)/t24-/m0/s1. The number of pyridine rings is 1. The number of amides is 1. The van der Waals surface area contributed by atoms with E-state index >= 15 is 0 Å². The average molecular weight is 433 g/mol. The van der Waals surface area contributed by atoms with Crippen molar-refractivity contribution < 1.29 is 14.3 Å². The minimum absolute atomic E-state index is 0.137. The Hall–Kier alpha value is -3.42. The predicted molar refractivity (Wildman–Crippen MR) is 125 cm³/mol. The van der Waals surface area contributed by atoms with Crippen molar-refractivity contribution >= 4 is 17.4 Å². The summed E-state index contributed by atoms with van der Waals surface area (Å²) in [6, 6.07) is 20.6. The van der Waals surface area contributed by atoms with Crippen LogP contribution in [-0.2, 0) is 16.1 Å². The van der Waals surface area contributed by atoms with Gasteiger partial charge in [0.1, 0.15) is 17.6 Å². The fourth-order valence-electron chi connectivity index (χ4n) is 3.64. The monoisotopic (exact) mass is 432 g/mol. The molecule has 2 N–H and O–H groups in total. The van der Waals surface area contributed by atoms with Gasteiger partial charge in [0.05, 0.1) is 20.3 Å². The van der Waals surface area contributed by atoms with E-state index in [0.717, 1.165) is 43.2 Å². The zero-order valence-electron chi connectivity index (χ0n) is 18.2. The van der Waals surface area contributed by atoms with Crippen molar-refractivity contribution in [3.05, 3.63) is 84.1 Å². The van der Waals surface area contributed by atoms with Gasteiger partial charge in [-0.1, -0.05) is 42.5 Å². The molecular weight excluding hydrogens is 404 g/mol. The first-order valence-corrected chi connectivity index (χ1v) is 10.7. The van der Waals surface area contributed by atoms with E-state index in [1.165, 1.54) is 0 Å². The number of aromatic nitrogens is 1. The Morgan fingerprint density at radius 1 is 1.09 bits per heavy atom. The fraction of sp³-hybridized carbons (Fsp3) is 0.280. The highest BCUT2D eigenvalue weighted by Crippen LogP contribution is 2.21. The lowest BCUT2D eigenvalue weighted by Crippen LogP contribution is -2.36. The van der Waals surface area contributed by atoms with Gasteiger partial charge < -0.3 is 19.7 Å². The smallest absolute Gasteiger partial charge is 0.246 e.